The van der Waals surface area contributed by atoms with Crippen molar-refractivity contribution in [2.45, 2.75) is 23.6 Å². The molecule has 0 aliphatic heterocycles. The number of carbonyl (C=O) groups is 2. The number of aromatic hydroxyl groups is 6. The predicted molar refractivity (Wildman–Crippen MR) is 212 cm³/mol. The van der Waals surface area contributed by atoms with Crippen LogP contribution in [0.25, 0.3) is 21.5 Å². The van der Waals surface area contributed by atoms with Gasteiger partial charge >= 0.3 is 88.7 Å². The van der Waals surface area contributed by atoms with Gasteiger partial charge in [-0.2, -0.15) is 16.8 Å². The molecule has 66 heavy (non-hydrogen) atoms. The quantitative estimate of drug-likeness (QED) is 0.0193. The van der Waals surface area contributed by atoms with Crippen molar-refractivity contribution in [1.82, 2.24) is 0 Å². The number of nitro benzene ring substituents is 2. The van der Waals surface area contributed by atoms with Gasteiger partial charge in [0.2, 0.25) is 0 Å². The first-order valence-electron chi connectivity index (χ1n) is 16.6. The summed E-state index contributed by atoms with van der Waals surface area (Å²) in [4.78, 5) is 42.1. The molecule has 0 bridgehead atoms. The summed E-state index contributed by atoms with van der Waals surface area (Å²) in [6.07, 6.45) is 0. The van der Waals surface area contributed by atoms with Gasteiger partial charge in [0.25, 0.3) is 31.6 Å². The Morgan fingerprint density at radius 3 is 1.08 bits per heavy atom. The summed E-state index contributed by atoms with van der Waals surface area (Å²) in [6, 6.07) is 11.1. The van der Waals surface area contributed by atoms with Crippen LogP contribution in [-0.4, -0.2) is 78.0 Å². The Hall–Kier alpha value is -4.68. The van der Waals surface area contributed by atoms with Gasteiger partial charge < -0.3 is 30.6 Å². The van der Waals surface area contributed by atoms with Crippen LogP contribution in [0.5, 0.6) is 34.5 Å². The second-order valence-corrected chi connectivity index (χ2v) is 15.4. The van der Waals surface area contributed by atoms with E-state index in [1.165, 1.54) is 13.8 Å². The summed E-state index contributed by atoms with van der Waals surface area (Å²) in [5.74, 6) is -4.56. The monoisotopic (exact) mass is 1020 g/mol. The van der Waals surface area contributed by atoms with E-state index in [0.717, 1.165) is 60.7 Å². The number of ketones is 2. The van der Waals surface area contributed by atoms with E-state index < -0.39 is 97.3 Å². The molecular weight excluding hydrogens is 993 g/mol. The number of azo groups is 2. The number of hydrogen-bond donors (Lipinski definition) is 8. The van der Waals surface area contributed by atoms with E-state index in [4.69, 9.17) is 0 Å². The van der Waals surface area contributed by atoms with Crippen molar-refractivity contribution in [3.8, 4) is 34.5 Å². The Bertz CT molecular complexity index is 3040. The van der Waals surface area contributed by atoms with Crippen molar-refractivity contribution in [3.63, 3.8) is 0 Å². The van der Waals surface area contributed by atoms with Crippen LogP contribution < -0.4 is 88.7 Å². The molecule has 0 aliphatic carbocycles. The van der Waals surface area contributed by atoms with Gasteiger partial charge in [0.05, 0.1) is 21.0 Å². The molecule has 328 valence electrons. The van der Waals surface area contributed by atoms with Crippen LogP contribution in [0.4, 0.5) is 34.1 Å². The molecule has 6 rings (SSSR count). The first-order valence-corrected chi connectivity index (χ1v) is 19.5. The zero-order chi connectivity index (χ0) is 46.2. The fourth-order valence-corrected chi connectivity index (χ4v) is 7.04. The Morgan fingerprint density at radius 1 is 0.485 bits per heavy atom. The molecule has 0 heterocycles. The van der Waals surface area contributed by atoms with E-state index in [1.807, 2.05) is 0 Å². The third-order valence-corrected chi connectivity index (χ3v) is 10.3. The summed E-state index contributed by atoms with van der Waals surface area (Å²) >= 11 is 0. The van der Waals surface area contributed by atoms with Gasteiger partial charge in [0.1, 0.15) is 67.0 Å². The van der Waals surface area contributed by atoms with Gasteiger partial charge in [0.15, 0.2) is 11.6 Å². The number of nitro groups is 2. The van der Waals surface area contributed by atoms with Gasteiger partial charge in [-0.1, -0.05) is 0 Å². The first-order chi connectivity index (χ1) is 28.8. The maximum atomic E-state index is 11.7. The Balaban J connectivity index is 0.000000622. The smallest absolute Gasteiger partial charge is 0.507 e. The number of phenolic OH excluding ortho intramolecular Hbond substituents is 6. The normalized spacial score (nSPS) is 11.1. The van der Waals surface area contributed by atoms with E-state index in [9.17, 15) is 86.4 Å². The molecule has 0 aliphatic rings. The minimum atomic E-state index is -4.87. The second-order valence-electron chi connectivity index (χ2n) is 12.6. The van der Waals surface area contributed by atoms with Crippen molar-refractivity contribution in [1.29, 1.82) is 0 Å². The minimum absolute atomic E-state index is 0. The Kier molecular flexibility index (Phi) is 21.0. The molecule has 8 N–H and O–H groups in total. The number of Topliss-reactive ketones (excluding diaryl/α,β-unsaturated/α-hetero) is 2. The standard InChI is InChI=1S/2C18H13N3O9S.Fe.3Na/c2*1-8(22)11-5-13(15(24)6-14(11)23)19-20-18-10-3-2-9(21(26)27)4-12(10)17(7-16(18)25)31(28,29)30;;;;/h2*2-7,23-25H,1H3,(H,28,29,30);;;;/q;;;3*+1. The molecule has 0 saturated carbocycles. The molecule has 6 aromatic carbocycles. The van der Waals surface area contributed by atoms with Crippen molar-refractivity contribution in [3.05, 3.63) is 104 Å². The topological polar surface area (TPSA) is 400 Å². The largest absolute Gasteiger partial charge is 1.00 e. The molecular formula is C36H26FeN6Na3O18S2+3. The third-order valence-electron chi connectivity index (χ3n) is 8.51. The van der Waals surface area contributed by atoms with Crippen LogP contribution in [0.2, 0.25) is 0 Å². The number of fused-ring (bicyclic) bond motifs is 2. The number of benzene rings is 6. The summed E-state index contributed by atoms with van der Waals surface area (Å²) in [7, 11) is -9.73. The van der Waals surface area contributed by atoms with Crippen LogP contribution >= 0.6 is 0 Å². The van der Waals surface area contributed by atoms with Crippen LogP contribution in [0, 0.1) is 20.2 Å². The maximum absolute atomic E-state index is 11.7. The fourth-order valence-electron chi connectivity index (χ4n) is 5.63. The molecule has 6 aromatic rings. The molecule has 0 unspecified atom stereocenters. The number of carbonyl (C=O) groups excluding carboxylic acids is 2. The van der Waals surface area contributed by atoms with E-state index >= 15 is 0 Å². The average molecular weight is 1020 g/mol. The van der Waals surface area contributed by atoms with Crippen LogP contribution in [0.3, 0.4) is 0 Å². The average Bonchev–Trinajstić information content (AvgIpc) is 3.16. The number of non-ortho nitro benzene ring substituents is 2. The van der Waals surface area contributed by atoms with Gasteiger partial charge in [0, 0.05) is 87.1 Å². The summed E-state index contributed by atoms with van der Waals surface area (Å²) < 4.78 is 65.6. The molecule has 30 heteroatoms. The predicted octanol–water partition coefficient (Wildman–Crippen LogP) is -1.53. The fraction of sp³-hybridized carbons (Fsp3) is 0.0556. The summed E-state index contributed by atoms with van der Waals surface area (Å²) in [5, 5.41) is 96.0. The third kappa shape index (κ3) is 13.3. The summed E-state index contributed by atoms with van der Waals surface area (Å²) in [5.41, 5.74) is -2.42. The molecule has 24 nitrogen and oxygen atoms in total. The van der Waals surface area contributed by atoms with E-state index in [1.54, 1.807) is 0 Å². The molecule has 0 aromatic heterocycles. The zero-order valence-corrected chi connectivity index (χ0v) is 43.2. The molecule has 0 atom stereocenters. The SMILES string of the molecule is CC(=O)c1cc(N=Nc2c(O)cc(S(=O)(=O)O)c3cc([N+](=O)[O-])ccc23)c(O)cc1O.CC(=O)c1cc(N=Nc2c(O)cc(S(=O)(=O)O)c3cc([N+](=O)[O-])ccc23)c(O)cc1O.[Fe].[Na+].[Na+].[Na+]. The Morgan fingerprint density at radius 2 is 0.803 bits per heavy atom. The Labute approximate surface area is 447 Å². The van der Waals surface area contributed by atoms with Crippen LogP contribution in [-0.2, 0) is 37.3 Å². The molecule has 0 spiro atoms. The number of hydrogen-bond acceptors (Lipinski definition) is 20. The van der Waals surface area contributed by atoms with Crippen molar-refractivity contribution in [2.24, 2.45) is 20.5 Å². The first kappa shape index (κ1) is 59.3. The van der Waals surface area contributed by atoms with E-state index in [2.05, 4.69) is 20.5 Å². The van der Waals surface area contributed by atoms with Gasteiger partial charge in [-0.15, -0.1) is 20.5 Å². The summed E-state index contributed by atoms with van der Waals surface area (Å²) in [6.45, 7) is 2.35. The molecule has 0 fully saturated rings. The molecule has 0 radical (unpaired) electrons. The van der Waals surface area contributed by atoms with Gasteiger partial charge in [-0.25, -0.2) is 0 Å². The van der Waals surface area contributed by atoms with Crippen molar-refractivity contribution < 1.29 is 182 Å². The van der Waals surface area contributed by atoms with E-state index in [0.29, 0.717) is 12.1 Å². The second kappa shape index (κ2) is 23.4. The number of nitrogens with zero attached hydrogens (tertiary/aromatic N) is 6. The van der Waals surface area contributed by atoms with Crippen LogP contribution in [0.1, 0.15) is 34.6 Å². The van der Waals surface area contributed by atoms with Crippen LogP contribution in [0.15, 0.2) is 103 Å². The van der Waals surface area contributed by atoms with Gasteiger partial charge in [-0.3, -0.25) is 38.9 Å². The molecule has 0 amide bonds. The maximum Gasteiger partial charge on any atom is 1.00 e. The minimum Gasteiger partial charge on any atom is -0.507 e. The molecule has 0 saturated heterocycles. The van der Waals surface area contributed by atoms with E-state index in [-0.39, 0.29) is 161 Å². The number of rotatable bonds is 10. The van der Waals surface area contributed by atoms with Crippen molar-refractivity contribution in [2.75, 3.05) is 0 Å². The zero-order valence-electron chi connectivity index (χ0n) is 34.4. The van der Waals surface area contributed by atoms with Crippen molar-refractivity contribution >= 4 is 87.5 Å². The van der Waals surface area contributed by atoms with Gasteiger partial charge in [-0.05, 0) is 38.1 Å². The number of phenols is 6.